The summed E-state index contributed by atoms with van der Waals surface area (Å²) in [5.74, 6) is 0.599. The van der Waals surface area contributed by atoms with Crippen molar-refractivity contribution in [3.63, 3.8) is 0 Å². The minimum Gasteiger partial charge on any atom is -0.494 e. The topological polar surface area (TPSA) is 58.6 Å². The molecular formula is C16H25ClN2O3S. The van der Waals surface area contributed by atoms with Crippen LogP contribution in [0.1, 0.15) is 32.6 Å². The number of halogens is 1. The molecule has 7 heteroatoms. The molecule has 5 nitrogen and oxygen atoms in total. The van der Waals surface area contributed by atoms with Crippen LogP contribution in [-0.2, 0) is 10.0 Å². The van der Waals surface area contributed by atoms with Crippen molar-refractivity contribution < 1.29 is 13.2 Å². The monoisotopic (exact) mass is 360 g/mol. The molecule has 1 N–H and O–H groups in total. The Morgan fingerprint density at radius 1 is 1.26 bits per heavy atom. The quantitative estimate of drug-likeness (QED) is 0.876. The van der Waals surface area contributed by atoms with Gasteiger partial charge < -0.3 is 10.1 Å². The predicted octanol–water partition coefficient (Wildman–Crippen LogP) is 2.41. The molecule has 2 heterocycles. The highest BCUT2D eigenvalue weighted by Crippen LogP contribution is 2.32. The number of nitrogens with zero attached hydrogens (tertiary/aromatic N) is 1. The smallest absolute Gasteiger partial charge is 0.243 e. The van der Waals surface area contributed by atoms with Gasteiger partial charge in [-0.15, -0.1) is 12.4 Å². The van der Waals surface area contributed by atoms with Gasteiger partial charge in [-0.25, -0.2) is 8.42 Å². The third kappa shape index (κ3) is 3.82. The molecule has 23 heavy (non-hydrogen) atoms. The Morgan fingerprint density at radius 3 is 2.52 bits per heavy atom. The lowest BCUT2D eigenvalue weighted by molar-refractivity contribution is 0.251. The molecule has 2 saturated heterocycles. The second-order valence-corrected chi connectivity index (χ2v) is 8.19. The molecule has 0 aromatic heterocycles. The standard InChI is InChI=1S/C16H24N2O3S.ClH/c1-3-21-15-5-4-6-16(11-15)22(19,20)18(2)14-9-12-7-8-13(10-14)17-12;/h4-6,11-14,17H,3,7-10H2,1-2H3;1H. The fraction of sp³-hybridized carbons (Fsp3) is 0.625. The van der Waals surface area contributed by atoms with Gasteiger partial charge in [0, 0.05) is 31.2 Å². The van der Waals surface area contributed by atoms with Gasteiger partial charge in [-0.05, 0) is 44.7 Å². The van der Waals surface area contributed by atoms with E-state index in [0.717, 1.165) is 25.7 Å². The first kappa shape index (κ1) is 18.5. The van der Waals surface area contributed by atoms with Gasteiger partial charge in [0.2, 0.25) is 10.0 Å². The van der Waals surface area contributed by atoms with E-state index in [0.29, 0.717) is 29.3 Å². The Kier molecular flexibility index (Phi) is 5.94. The highest BCUT2D eigenvalue weighted by Gasteiger charge is 2.38. The summed E-state index contributed by atoms with van der Waals surface area (Å²) in [5.41, 5.74) is 0. The number of ether oxygens (including phenoxy) is 1. The van der Waals surface area contributed by atoms with Crippen molar-refractivity contribution in [1.82, 2.24) is 9.62 Å². The lowest BCUT2D eigenvalue weighted by Crippen LogP contribution is -2.48. The minimum atomic E-state index is -3.47. The van der Waals surface area contributed by atoms with Crippen LogP contribution in [0.5, 0.6) is 5.75 Å². The van der Waals surface area contributed by atoms with Crippen LogP contribution in [0.4, 0.5) is 0 Å². The van der Waals surface area contributed by atoms with Crippen LogP contribution in [-0.4, -0.2) is 44.5 Å². The number of fused-ring (bicyclic) bond motifs is 2. The molecule has 2 atom stereocenters. The highest BCUT2D eigenvalue weighted by atomic mass is 35.5. The highest BCUT2D eigenvalue weighted by molar-refractivity contribution is 7.89. The first-order valence-corrected chi connectivity index (χ1v) is 9.41. The molecule has 0 amide bonds. The van der Waals surface area contributed by atoms with E-state index < -0.39 is 10.0 Å². The summed E-state index contributed by atoms with van der Waals surface area (Å²) in [6, 6.07) is 7.80. The third-order valence-corrected chi connectivity index (χ3v) is 6.66. The maximum absolute atomic E-state index is 12.9. The number of benzene rings is 1. The van der Waals surface area contributed by atoms with E-state index in [2.05, 4.69) is 5.32 Å². The normalized spacial score (nSPS) is 26.8. The van der Waals surface area contributed by atoms with Crippen molar-refractivity contribution in [2.45, 2.75) is 55.6 Å². The van der Waals surface area contributed by atoms with Crippen LogP contribution in [0, 0.1) is 0 Å². The molecule has 2 unspecified atom stereocenters. The van der Waals surface area contributed by atoms with Gasteiger partial charge in [-0.1, -0.05) is 6.07 Å². The maximum Gasteiger partial charge on any atom is 0.243 e. The van der Waals surface area contributed by atoms with Crippen LogP contribution in [0.3, 0.4) is 0 Å². The first-order valence-electron chi connectivity index (χ1n) is 7.97. The Morgan fingerprint density at radius 2 is 1.91 bits per heavy atom. The Labute approximate surface area is 144 Å². The molecule has 2 bridgehead atoms. The fourth-order valence-electron chi connectivity index (χ4n) is 3.58. The van der Waals surface area contributed by atoms with Crippen LogP contribution in [0.2, 0.25) is 0 Å². The molecule has 130 valence electrons. The van der Waals surface area contributed by atoms with Crippen LogP contribution >= 0.6 is 12.4 Å². The zero-order valence-corrected chi connectivity index (χ0v) is 15.2. The summed E-state index contributed by atoms with van der Waals surface area (Å²) in [6.45, 7) is 2.41. The van der Waals surface area contributed by atoms with E-state index >= 15 is 0 Å². The number of nitrogens with one attached hydrogen (secondary N) is 1. The molecule has 0 aliphatic carbocycles. The molecule has 2 aliphatic rings. The lowest BCUT2D eigenvalue weighted by atomic mass is 10.0. The second-order valence-electron chi connectivity index (χ2n) is 6.19. The number of rotatable bonds is 5. The lowest BCUT2D eigenvalue weighted by Gasteiger charge is -2.34. The second kappa shape index (κ2) is 7.38. The molecule has 2 fully saturated rings. The van der Waals surface area contributed by atoms with Gasteiger partial charge >= 0.3 is 0 Å². The third-order valence-electron chi connectivity index (χ3n) is 4.76. The van der Waals surface area contributed by atoms with Gasteiger partial charge in [0.1, 0.15) is 5.75 Å². The molecule has 1 aromatic rings. The summed E-state index contributed by atoms with van der Waals surface area (Å²) >= 11 is 0. The van der Waals surface area contributed by atoms with Crippen molar-refractivity contribution in [1.29, 1.82) is 0 Å². The molecule has 0 spiro atoms. The largest absolute Gasteiger partial charge is 0.494 e. The molecule has 1 aromatic carbocycles. The maximum atomic E-state index is 12.9. The van der Waals surface area contributed by atoms with Crippen LogP contribution in [0.15, 0.2) is 29.2 Å². The number of piperidine rings is 1. The van der Waals surface area contributed by atoms with Gasteiger partial charge in [0.05, 0.1) is 11.5 Å². The number of hydrogen-bond acceptors (Lipinski definition) is 4. The van der Waals surface area contributed by atoms with E-state index in [9.17, 15) is 8.42 Å². The summed E-state index contributed by atoms with van der Waals surface area (Å²) in [7, 11) is -1.77. The van der Waals surface area contributed by atoms with Crippen LogP contribution < -0.4 is 10.1 Å². The Balaban J connectivity index is 0.00000192. The van der Waals surface area contributed by atoms with E-state index in [4.69, 9.17) is 4.74 Å². The number of sulfonamides is 1. The summed E-state index contributed by atoms with van der Waals surface area (Å²) in [4.78, 5) is 0.312. The average Bonchev–Trinajstić information content (AvgIpc) is 2.85. The minimum absolute atomic E-state index is 0. The van der Waals surface area contributed by atoms with E-state index in [1.54, 1.807) is 35.6 Å². The SMILES string of the molecule is CCOc1cccc(S(=O)(=O)N(C)C2CC3CCC(C2)N3)c1.Cl. The fourth-order valence-corrected chi connectivity index (χ4v) is 4.99. The summed E-state index contributed by atoms with van der Waals surface area (Å²) < 4.78 is 32.7. The zero-order valence-electron chi connectivity index (χ0n) is 13.6. The van der Waals surface area contributed by atoms with Crippen molar-refractivity contribution >= 4 is 22.4 Å². The molecule has 3 rings (SSSR count). The Hall–Kier alpha value is -0.820. The van der Waals surface area contributed by atoms with Crippen molar-refractivity contribution in [3.05, 3.63) is 24.3 Å². The molecule has 0 saturated carbocycles. The summed E-state index contributed by atoms with van der Waals surface area (Å²) in [5, 5.41) is 3.55. The Bertz CT molecular complexity index is 626. The van der Waals surface area contributed by atoms with E-state index in [1.807, 2.05) is 6.92 Å². The van der Waals surface area contributed by atoms with Gasteiger partial charge in [-0.3, -0.25) is 0 Å². The van der Waals surface area contributed by atoms with Crippen molar-refractivity contribution in [2.24, 2.45) is 0 Å². The van der Waals surface area contributed by atoms with Crippen molar-refractivity contribution in [3.8, 4) is 5.75 Å². The predicted molar refractivity (Wildman–Crippen MR) is 92.8 cm³/mol. The molecule has 0 radical (unpaired) electrons. The molecule has 2 aliphatic heterocycles. The van der Waals surface area contributed by atoms with E-state index in [1.165, 1.54) is 0 Å². The first-order chi connectivity index (χ1) is 10.5. The van der Waals surface area contributed by atoms with Gasteiger partial charge in [0.15, 0.2) is 0 Å². The zero-order chi connectivity index (χ0) is 15.7. The average molecular weight is 361 g/mol. The molecular weight excluding hydrogens is 336 g/mol. The van der Waals surface area contributed by atoms with Gasteiger partial charge in [-0.2, -0.15) is 4.31 Å². The van der Waals surface area contributed by atoms with Crippen molar-refractivity contribution in [2.75, 3.05) is 13.7 Å². The van der Waals surface area contributed by atoms with Gasteiger partial charge in [0.25, 0.3) is 0 Å². The van der Waals surface area contributed by atoms with E-state index in [-0.39, 0.29) is 18.4 Å². The van der Waals surface area contributed by atoms with Crippen LogP contribution in [0.25, 0.3) is 0 Å². The number of hydrogen-bond donors (Lipinski definition) is 1. The summed E-state index contributed by atoms with van der Waals surface area (Å²) in [6.07, 6.45) is 4.12.